The molecule has 0 saturated carbocycles. The first kappa shape index (κ1) is 11.6. The van der Waals surface area contributed by atoms with Gasteiger partial charge in [0.15, 0.2) is 16.6 Å². The molecule has 18 heavy (non-hydrogen) atoms. The predicted octanol–water partition coefficient (Wildman–Crippen LogP) is 3.01. The van der Waals surface area contributed by atoms with E-state index in [2.05, 4.69) is 4.98 Å². The first-order chi connectivity index (χ1) is 8.84. The van der Waals surface area contributed by atoms with Crippen molar-refractivity contribution in [1.82, 2.24) is 4.98 Å². The van der Waals surface area contributed by atoms with E-state index in [0.717, 1.165) is 17.8 Å². The lowest BCUT2D eigenvalue weighted by Gasteiger charge is -2.19. The zero-order valence-electron chi connectivity index (χ0n) is 9.80. The Bertz CT molecular complexity index is 526. The topological polar surface area (TPSA) is 52.3 Å². The first-order valence-electron chi connectivity index (χ1n) is 5.96. The molecule has 0 aromatic carbocycles. The molecule has 1 fully saturated rings. The van der Waals surface area contributed by atoms with Crippen LogP contribution in [0.15, 0.2) is 29.0 Å². The van der Waals surface area contributed by atoms with Gasteiger partial charge in [0.2, 0.25) is 0 Å². The van der Waals surface area contributed by atoms with Crippen LogP contribution in [0.1, 0.15) is 22.5 Å². The molecule has 0 atom stereocenters. The summed E-state index contributed by atoms with van der Waals surface area (Å²) < 4.78 is 10.5. The zero-order valence-corrected chi connectivity index (χ0v) is 10.6. The van der Waals surface area contributed by atoms with Crippen LogP contribution in [0, 0.1) is 5.92 Å². The van der Waals surface area contributed by atoms with Crippen molar-refractivity contribution in [2.45, 2.75) is 12.8 Å². The maximum atomic E-state index is 12.3. The minimum Gasteiger partial charge on any atom is -0.462 e. The molecule has 4 nitrogen and oxygen atoms in total. The second kappa shape index (κ2) is 5.04. The lowest BCUT2D eigenvalue weighted by molar-refractivity contribution is 0.0547. The third-order valence-electron chi connectivity index (χ3n) is 3.07. The molecule has 1 aliphatic heterocycles. The summed E-state index contributed by atoms with van der Waals surface area (Å²) in [5.41, 5.74) is 0. The maximum Gasteiger partial charge on any atom is 0.177 e. The summed E-state index contributed by atoms with van der Waals surface area (Å²) in [6.07, 6.45) is 4.89. The summed E-state index contributed by atoms with van der Waals surface area (Å²) in [5.74, 6) is 0.989. The van der Waals surface area contributed by atoms with Crippen LogP contribution < -0.4 is 0 Å². The number of rotatable bonds is 3. The van der Waals surface area contributed by atoms with Gasteiger partial charge in [-0.25, -0.2) is 4.98 Å². The Morgan fingerprint density at radius 2 is 2.22 bits per heavy atom. The van der Waals surface area contributed by atoms with Crippen molar-refractivity contribution in [3.63, 3.8) is 0 Å². The van der Waals surface area contributed by atoms with Gasteiger partial charge in [0, 0.05) is 25.3 Å². The van der Waals surface area contributed by atoms with E-state index in [1.807, 2.05) is 12.1 Å². The van der Waals surface area contributed by atoms with Crippen molar-refractivity contribution in [3.05, 3.63) is 29.5 Å². The lowest BCUT2D eigenvalue weighted by atomic mass is 9.95. The predicted molar refractivity (Wildman–Crippen MR) is 67.7 cm³/mol. The van der Waals surface area contributed by atoms with E-state index in [0.29, 0.717) is 23.9 Å². The van der Waals surface area contributed by atoms with E-state index in [1.165, 1.54) is 11.3 Å². The van der Waals surface area contributed by atoms with Crippen LogP contribution in [0.3, 0.4) is 0 Å². The number of carbonyl (C=O) groups is 1. The highest BCUT2D eigenvalue weighted by atomic mass is 32.1. The molecule has 2 aromatic rings. The Kier molecular flexibility index (Phi) is 3.25. The molecular weight excluding hydrogens is 250 g/mol. The number of Topliss-reactive ketones (excluding diaryl/α,β-unsaturated/α-hetero) is 1. The van der Waals surface area contributed by atoms with E-state index >= 15 is 0 Å². The quantitative estimate of drug-likeness (QED) is 0.799. The van der Waals surface area contributed by atoms with Crippen molar-refractivity contribution in [2.24, 2.45) is 5.92 Å². The van der Waals surface area contributed by atoms with Crippen LogP contribution in [-0.4, -0.2) is 24.0 Å². The fourth-order valence-corrected chi connectivity index (χ4v) is 2.97. The fraction of sp³-hybridized carbons (Fsp3) is 0.385. The standard InChI is InChI=1S/C13H13NO3S/c15-12(9-3-6-16-7-4-9)11-8-14-13(18-11)10-2-1-5-17-10/h1-2,5,8-9H,3-4,6-7H2. The number of carbonyl (C=O) groups excluding carboxylic acids is 1. The van der Waals surface area contributed by atoms with Gasteiger partial charge in [-0.3, -0.25) is 4.79 Å². The van der Waals surface area contributed by atoms with Crippen molar-refractivity contribution >= 4 is 17.1 Å². The monoisotopic (exact) mass is 263 g/mol. The summed E-state index contributed by atoms with van der Waals surface area (Å²) in [6.45, 7) is 1.36. The van der Waals surface area contributed by atoms with E-state index in [4.69, 9.17) is 9.15 Å². The van der Waals surface area contributed by atoms with Gasteiger partial charge in [-0.15, -0.1) is 11.3 Å². The number of nitrogens with zero attached hydrogens (tertiary/aromatic N) is 1. The average molecular weight is 263 g/mol. The SMILES string of the molecule is O=C(c1cnc(-c2ccco2)s1)C1CCOCC1. The molecule has 5 heteroatoms. The molecular formula is C13H13NO3S. The molecule has 94 valence electrons. The van der Waals surface area contributed by atoms with E-state index < -0.39 is 0 Å². The van der Waals surface area contributed by atoms with Gasteiger partial charge in [0.1, 0.15) is 0 Å². The van der Waals surface area contributed by atoms with E-state index in [-0.39, 0.29) is 11.7 Å². The van der Waals surface area contributed by atoms with Crippen LogP contribution in [-0.2, 0) is 4.74 Å². The highest BCUT2D eigenvalue weighted by Gasteiger charge is 2.24. The summed E-state index contributed by atoms with van der Waals surface area (Å²) in [7, 11) is 0. The Labute approximate surface area is 109 Å². The van der Waals surface area contributed by atoms with Gasteiger partial charge >= 0.3 is 0 Å². The van der Waals surface area contributed by atoms with Crippen LogP contribution in [0.2, 0.25) is 0 Å². The van der Waals surface area contributed by atoms with Crippen molar-refractivity contribution in [3.8, 4) is 10.8 Å². The van der Waals surface area contributed by atoms with Crippen molar-refractivity contribution in [2.75, 3.05) is 13.2 Å². The van der Waals surface area contributed by atoms with Crippen LogP contribution in [0.25, 0.3) is 10.8 Å². The second-order valence-electron chi connectivity index (χ2n) is 4.26. The Balaban J connectivity index is 1.78. The minimum atomic E-state index is 0.0867. The highest BCUT2D eigenvalue weighted by Crippen LogP contribution is 2.29. The normalized spacial score (nSPS) is 16.9. The number of thiazole rings is 1. The van der Waals surface area contributed by atoms with E-state index in [1.54, 1.807) is 12.5 Å². The number of ether oxygens (including phenoxy) is 1. The lowest BCUT2D eigenvalue weighted by Crippen LogP contribution is -2.22. The number of hydrogen-bond donors (Lipinski definition) is 0. The summed E-state index contributed by atoms with van der Waals surface area (Å²) >= 11 is 1.40. The van der Waals surface area contributed by atoms with Crippen molar-refractivity contribution in [1.29, 1.82) is 0 Å². The third-order valence-corrected chi connectivity index (χ3v) is 4.10. The molecule has 3 rings (SSSR count). The molecule has 0 unspecified atom stereocenters. The highest BCUT2D eigenvalue weighted by molar-refractivity contribution is 7.16. The van der Waals surface area contributed by atoms with Gasteiger partial charge in [0.25, 0.3) is 0 Å². The molecule has 0 spiro atoms. The van der Waals surface area contributed by atoms with Gasteiger partial charge < -0.3 is 9.15 Å². The molecule has 0 amide bonds. The van der Waals surface area contributed by atoms with Gasteiger partial charge in [-0.2, -0.15) is 0 Å². The third kappa shape index (κ3) is 2.23. The molecule has 0 bridgehead atoms. The van der Waals surface area contributed by atoms with Gasteiger partial charge in [0.05, 0.1) is 11.1 Å². The van der Waals surface area contributed by atoms with Crippen LogP contribution >= 0.6 is 11.3 Å². The van der Waals surface area contributed by atoms with Gasteiger partial charge in [-0.05, 0) is 25.0 Å². The Morgan fingerprint density at radius 3 is 2.94 bits per heavy atom. The molecule has 0 aliphatic carbocycles. The number of furan rings is 1. The van der Waals surface area contributed by atoms with Crippen LogP contribution in [0.4, 0.5) is 0 Å². The largest absolute Gasteiger partial charge is 0.462 e. The average Bonchev–Trinajstić information content (AvgIpc) is 3.09. The molecule has 0 N–H and O–H groups in total. The molecule has 1 saturated heterocycles. The zero-order chi connectivity index (χ0) is 12.4. The summed E-state index contributed by atoms with van der Waals surface area (Å²) in [6, 6.07) is 3.66. The number of hydrogen-bond acceptors (Lipinski definition) is 5. The Morgan fingerprint density at radius 1 is 1.39 bits per heavy atom. The molecule has 3 heterocycles. The number of aromatic nitrogens is 1. The Hall–Kier alpha value is -1.46. The number of ketones is 1. The van der Waals surface area contributed by atoms with Gasteiger partial charge in [-0.1, -0.05) is 0 Å². The first-order valence-corrected chi connectivity index (χ1v) is 6.78. The molecule has 0 radical (unpaired) electrons. The second-order valence-corrected chi connectivity index (χ2v) is 5.29. The summed E-state index contributed by atoms with van der Waals surface area (Å²) in [4.78, 5) is 17.2. The maximum absolute atomic E-state index is 12.3. The smallest absolute Gasteiger partial charge is 0.177 e. The minimum absolute atomic E-state index is 0.0867. The molecule has 2 aromatic heterocycles. The van der Waals surface area contributed by atoms with Crippen molar-refractivity contribution < 1.29 is 13.9 Å². The summed E-state index contributed by atoms with van der Waals surface area (Å²) in [5, 5.41) is 0.760. The van der Waals surface area contributed by atoms with E-state index in [9.17, 15) is 4.79 Å². The van der Waals surface area contributed by atoms with Crippen LogP contribution in [0.5, 0.6) is 0 Å². The fourth-order valence-electron chi connectivity index (χ4n) is 2.06. The molecule has 1 aliphatic rings.